The molecule has 0 spiro atoms. The Morgan fingerprint density at radius 1 is 1.37 bits per heavy atom. The van der Waals surface area contributed by atoms with E-state index in [1.165, 1.54) is 19.2 Å². The monoisotopic (exact) mass is 265 g/mol. The summed E-state index contributed by atoms with van der Waals surface area (Å²) in [6, 6.07) is 3.92. The smallest absolute Gasteiger partial charge is 0.253 e. The fourth-order valence-corrected chi connectivity index (χ4v) is 2.10. The van der Waals surface area contributed by atoms with E-state index in [4.69, 9.17) is 0 Å². The van der Waals surface area contributed by atoms with Crippen molar-refractivity contribution in [3.8, 4) is 0 Å². The van der Waals surface area contributed by atoms with Crippen LogP contribution in [0.25, 0.3) is 0 Å². The van der Waals surface area contributed by atoms with E-state index in [-0.39, 0.29) is 5.56 Å². The molecule has 19 heavy (non-hydrogen) atoms. The summed E-state index contributed by atoms with van der Waals surface area (Å²) >= 11 is 0. The van der Waals surface area contributed by atoms with Gasteiger partial charge in [-0.3, -0.25) is 4.79 Å². The molecule has 0 heterocycles. The molecular formula is C13H14FN2O3-. The van der Waals surface area contributed by atoms with Gasteiger partial charge in [0.2, 0.25) is 0 Å². The fraction of sp³-hybridized carbons (Fsp3) is 0.385. The summed E-state index contributed by atoms with van der Waals surface area (Å²) in [5, 5.41) is 16.2. The maximum atomic E-state index is 13.7. The van der Waals surface area contributed by atoms with Gasteiger partial charge in [0.05, 0.1) is 17.1 Å². The SMILES string of the molecule is CNC(=O)c1ccc(NC2(C(=O)[O-])CCC2)cc1F. The molecule has 1 aliphatic carbocycles. The first-order chi connectivity index (χ1) is 8.98. The second-order valence-corrected chi connectivity index (χ2v) is 4.62. The van der Waals surface area contributed by atoms with Gasteiger partial charge in [-0.2, -0.15) is 0 Å². The van der Waals surface area contributed by atoms with Crippen LogP contribution in [-0.4, -0.2) is 24.5 Å². The summed E-state index contributed by atoms with van der Waals surface area (Å²) in [7, 11) is 1.41. The first-order valence-corrected chi connectivity index (χ1v) is 6.00. The van der Waals surface area contributed by atoms with Crippen molar-refractivity contribution in [1.82, 2.24) is 5.32 Å². The van der Waals surface area contributed by atoms with Gasteiger partial charge in [0.25, 0.3) is 5.91 Å². The molecule has 1 aromatic carbocycles. The van der Waals surface area contributed by atoms with Crippen LogP contribution in [-0.2, 0) is 4.79 Å². The van der Waals surface area contributed by atoms with Gasteiger partial charge in [-0.1, -0.05) is 0 Å². The third-order valence-electron chi connectivity index (χ3n) is 3.42. The molecule has 2 rings (SSSR count). The number of aliphatic carboxylic acids is 1. The molecule has 0 aromatic heterocycles. The molecule has 0 saturated heterocycles. The standard InChI is InChI=1S/C13H15FN2O3/c1-15-11(17)9-4-3-8(7-10(9)14)16-13(12(18)19)5-2-6-13/h3-4,7,16H,2,5-6H2,1H3,(H,15,17)(H,18,19)/p-1. The number of hydrogen-bond donors (Lipinski definition) is 2. The summed E-state index contributed by atoms with van der Waals surface area (Å²) in [6.07, 6.45) is 1.70. The Balaban J connectivity index is 2.21. The van der Waals surface area contributed by atoms with Crippen molar-refractivity contribution in [1.29, 1.82) is 0 Å². The van der Waals surface area contributed by atoms with Crippen molar-refractivity contribution in [3.63, 3.8) is 0 Å². The van der Waals surface area contributed by atoms with E-state index in [9.17, 15) is 19.1 Å². The molecule has 5 nitrogen and oxygen atoms in total. The van der Waals surface area contributed by atoms with Gasteiger partial charge in [-0.25, -0.2) is 4.39 Å². The lowest BCUT2D eigenvalue weighted by Gasteiger charge is -2.44. The Labute approximate surface area is 109 Å². The summed E-state index contributed by atoms with van der Waals surface area (Å²) in [6.45, 7) is 0. The number of carboxylic acids is 1. The van der Waals surface area contributed by atoms with Crippen molar-refractivity contribution in [3.05, 3.63) is 29.6 Å². The first-order valence-electron chi connectivity index (χ1n) is 6.00. The molecule has 0 atom stereocenters. The Kier molecular flexibility index (Phi) is 3.42. The van der Waals surface area contributed by atoms with E-state index in [0.717, 1.165) is 12.5 Å². The van der Waals surface area contributed by atoms with Gasteiger partial charge in [0.15, 0.2) is 0 Å². The molecule has 1 aromatic rings. The highest BCUT2D eigenvalue weighted by Gasteiger charge is 2.38. The molecule has 0 radical (unpaired) electrons. The summed E-state index contributed by atoms with van der Waals surface area (Å²) in [5.74, 6) is -2.41. The second kappa shape index (κ2) is 4.87. The first kappa shape index (κ1) is 13.3. The van der Waals surface area contributed by atoms with Crippen LogP contribution in [0.1, 0.15) is 29.6 Å². The number of benzene rings is 1. The van der Waals surface area contributed by atoms with Gasteiger partial charge >= 0.3 is 0 Å². The maximum absolute atomic E-state index is 13.7. The fourth-order valence-electron chi connectivity index (χ4n) is 2.10. The molecule has 2 N–H and O–H groups in total. The number of nitrogens with one attached hydrogen (secondary N) is 2. The van der Waals surface area contributed by atoms with E-state index in [1.54, 1.807) is 0 Å². The largest absolute Gasteiger partial charge is 0.548 e. The van der Waals surface area contributed by atoms with E-state index in [1.807, 2.05) is 0 Å². The van der Waals surface area contributed by atoms with Gasteiger partial charge in [-0.15, -0.1) is 0 Å². The number of anilines is 1. The molecule has 0 bridgehead atoms. The van der Waals surface area contributed by atoms with Crippen LogP contribution in [0, 0.1) is 5.82 Å². The quantitative estimate of drug-likeness (QED) is 0.818. The number of rotatable bonds is 4. The van der Waals surface area contributed by atoms with E-state index >= 15 is 0 Å². The molecule has 1 amide bonds. The molecule has 0 unspecified atom stereocenters. The Hall–Kier alpha value is -2.11. The summed E-state index contributed by atoms with van der Waals surface area (Å²) in [5.41, 5.74) is -0.862. The minimum Gasteiger partial charge on any atom is -0.548 e. The van der Waals surface area contributed by atoms with E-state index in [0.29, 0.717) is 18.5 Å². The van der Waals surface area contributed by atoms with Crippen molar-refractivity contribution in [2.75, 3.05) is 12.4 Å². The zero-order chi connectivity index (χ0) is 14.0. The van der Waals surface area contributed by atoms with Crippen LogP contribution in [0.3, 0.4) is 0 Å². The highest BCUT2D eigenvalue weighted by Crippen LogP contribution is 2.35. The predicted octanol–water partition coefficient (Wildman–Crippen LogP) is 0.270. The summed E-state index contributed by atoms with van der Waals surface area (Å²) < 4.78 is 13.7. The topological polar surface area (TPSA) is 81.3 Å². The number of hydrogen-bond acceptors (Lipinski definition) is 4. The van der Waals surface area contributed by atoms with Crippen LogP contribution in [0.2, 0.25) is 0 Å². The van der Waals surface area contributed by atoms with Crippen molar-refractivity contribution < 1.29 is 19.1 Å². The minimum absolute atomic E-state index is 0.0795. The average molecular weight is 265 g/mol. The molecule has 1 aliphatic rings. The third-order valence-corrected chi connectivity index (χ3v) is 3.42. The van der Waals surface area contributed by atoms with Crippen LogP contribution in [0.4, 0.5) is 10.1 Å². The average Bonchev–Trinajstić information content (AvgIpc) is 2.32. The maximum Gasteiger partial charge on any atom is 0.253 e. The van der Waals surface area contributed by atoms with Gasteiger partial charge in [0.1, 0.15) is 5.82 Å². The number of halogens is 1. The van der Waals surface area contributed by atoms with Gasteiger partial charge in [-0.05, 0) is 37.5 Å². The Morgan fingerprint density at radius 3 is 2.47 bits per heavy atom. The van der Waals surface area contributed by atoms with Crippen LogP contribution >= 0.6 is 0 Å². The zero-order valence-electron chi connectivity index (χ0n) is 10.5. The lowest BCUT2D eigenvalue weighted by Crippen LogP contribution is -2.58. The Bertz CT molecular complexity index is 527. The summed E-state index contributed by atoms with van der Waals surface area (Å²) in [4.78, 5) is 22.4. The molecular weight excluding hydrogens is 251 g/mol. The van der Waals surface area contributed by atoms with Gasteiger partial charge < -0.3 is 20.5 Å². The highest BCUT2D eigenvalue weighted by molar-refractivity contribution is 5.94. The molecule has 102 valence electrons. The van der Waals surface area contributed by atoms with E-state index < -0.39 is 23.2 Å². The molecule has 1 saturated carbocycles. The lowest BCUT2D eigenvalue weighted by molar-refractivity contribution is -0.314. The highest BCUT2D eigenvalue weighted by atomic mass is 19.1. The minimum atomic E-state index is -1.19. The van der Waals surface area contributed by atoms with Crippen LogP contribution in [0.5, 0.6) is 0 Å². The molecule has 6 heteroatoms. The van der Waals surface area contributed by atoms with Crippen molar-refractivity contribution in [2.45, 2.75) is 24.8 Å². The van der Waals surface area contributed by atoms with Crippen molar-refractivity contribution in [2.24, 2.45) is 0 Å². The molecule has 0 aliphatic heterocycles. The number of carbonyl (C=O) groups excluding carboxylic acids is 2. The normalized spacial score (nSPS) is 16.3. The Morgan fingerprint density at radius 2 is 2.05 bits per heavy atom. The predicted molar refractivity (Wildman–Crippen MR) is 65.0 cm³/mol. The van der Waals surface area contributed by atoms with E-state index in [2.05, 4.69) is 10.6 Å². The van der Waals surface area contributed by atoms with Gasteiger partial charge in [0, 0.05) is 12.7 Å². The number of amides is 1. The second-order valence-electron chi connectivity index (χ2n) is 4.62. The third kappa shape index (κ3) is 2.38. The van der Waals surface area contributed by atoms with Crippen LogP contribution in [0.15, 0.2) is 18.2 Å². The van der Waals surface area contributed by atoms with Crippen molar-refractivity contribution >= 4 is 17.6 Å². The lowest BCUT2D eigenvalue weighted by atomic mass is 9.76. The van der Waals surface area contributed by atoms with Crippen LogP contribution < -0.4 is 15.7 Å². The zero-order valence-corrected chi connectivity index (χ0v) is 10.5. The number of carboxylic acid groups (broad SMARTS) is 1. The molecule has 1 fully saturated rings. The number of carbonyl (C=O) groups is 2.